The van der Waals surface area contributed by atoms with Crippen LogP contribution in [-0.2, 0) is 18.3 Å². The molecule has 5 unspecified atom stereocenters. The maximum Gasteiger partial charge on any atom is 0.473 e. The van der Waals surface area contributed by atoms with Crippen LogP contribution in [0.5, 0.6) is 0 Å². The van der Waals surface area contributed by atoms with Crippen molar-refractivity contribution in [3.8, 4) is 0 Å². The minimum atomic E-state index is -4.16. The van der Waals surface area contributed by atoms with E-state index in [0.717, 1.165) is 0 Å². The van der Waals surface area contributed by atoms with Crippen molar-refractivity contribution in [2.45, 2.75) is 24.5 Å². The van der Waals surface area contributed by atoms with Crippen molar-refractivity contribution in [2.75, 3.05) is 6.61 Å². The van der Waals surface area contributed by atoms with Gasteiger partial charge in [-0.2, -0.15) is 0 Å². The summed E-state index contributed by atoms with van der Waals surface area (Å²) < 4.78 is 30.9. The molecular weight excluding hydrogens is 341 g/mol. The first kappa shape index (κ1) is 14.5. The Labute approximate surface area is 134 Å². The minimum Gasteiger partial charge on any atom is -0.394 e. The summed E-state index contributed by atoms with van der Waals surface area (Å²) in [7, 11) is -4.16. The first-order chi connectivity index (χ1) is 11.6. The lowest BCUT2D eigenvalue weighted by molar-refractivity contribution is -0.0589. The van der Waals surface area contributed by atoms with E-state index in [4.69, 9.17) is 13.8 Å². The Morgan fingerprint density at radius 3 is 2.83 bits per heavy atom. The molecule has 3 aromatic rings. The van der Waals surface area contributed by atoms with E-state index in [1.165, 1.54) is 6.33 Å². The summed E-state index contributed by atoms with van der Waals surface area (Å²) >= 11 is 0. The molecule has 2 aliphatic rings. The highest BCUT2D eigenvalue weighted by Gasteiger charge is 2.57. The van der Waals surface area contributed by atoms with Gasteiger partial charge in [0.2, 0.25) is 0 Å². The fraction of sp³-hybridized carbons (Fsp3) is 0.417. The van der Waals surface area contributed by atoms with Crippen molar-refractivity contribution in [1.29, 1.82) is 0 Å². The van der Waals surface area contributed by atoms with E-state index in [0.29, 0.717) is 16.8 Å². The molecule has 24 heavy (non-hydrogen) atoms. The van der Waals surface area contributed by atoms with Crippen molar-refractivity contribution in [3.63, 3.8) is 0 Å². The van der Waals surface area contributed by atoms with Crippen LogP contribution in [0, 0.1) is 0 Å². The van der Waals surface area contributed by atoms with E-state index >= 15 is 0 Å². The molecule has 0 bridgehead atoms. The van der Waals surface area contributed by atoms with Gasteiger partial charge < -0.3 is 14.7 Å². The van der Waals surface area contributed by atoms with E-state index in [2.05, 4.69) is 15.0 Å². The summed E-state index contributed by atoms with van der Waals surface area (Å²) in [6.07, 6.45) is 3.19. The summed E-state index contributed by atoms with van der Waals surface area (Å²) in [5.41, 5.74) is 1.67. The van der Waals surface area contributed by atoms with Crippen LogP contribution >= 0.6 is 7.82 Å². The number of hydrogen-bond acceptors (Lipinski definition) is 8. The molecule has 0 amide bonds. The third kappa shape index (κ3) is 1.91. The molecule has 2 fully saturated rings. The topological polar surface area (TPSA) is 133 Å². The average Bonchev–Trinajstić information content (AvgIpc) is 3.26. The van der Waals surface area contributed by atoms with Crippen molar-refractivity contribution >= 4 is 24.6 Å². The van der Waals surface area contributed by atoms with Gasteiger partial charge in [0.05, 0.1) is 12.9 Å². The first-order valence-corrected chi connectivity index (χ1v) is 8.67. The molecule has 0 aliphatic carbocycles. The normalized spacial score (nSPS) is 35.9. The fourth-order valence-electron chi connectivity index (χ4n) is 3.18. The zero-order valence-electron chi connectivity index (χ0n) is 12.0. The highest BCUT2D eigenvalue weighted by Crippen LogP contribution is 2.58. The molecule has 3 aromatic heterocycles. The lowest BCUT2D eigenvalue weighted by Crippen LogP contribution is -2.30. The van der Waals surface area contributed by atoms with Crippen LogP contribution < -0.4 is 0 Å². The average molecular weight is 353 g/mol. The summed E-state index contributed by atoms with van der Waals surface area (Å²) in [6, 6.07) is 0. The summed E-state index contributed by atoms with van der Waals surface area (Å²) in [4.78, 5) is 22.5. The van der Waals surface area contributed by atoms with Crippen LogP contribution in [-0.4, -0.2) is 58.8 Å². The van der Waals surface area contributed by atoms with E-state index < -0.39 is 32.4 Å². The van der Waals surface area contributed by atoms with Crippen LogP contribution in [0.15, 0.2) is 25.0 Å². The smallest absolute Gasteiger partial charge is 0.394 e. The number of phosphoric acid groups is 1. The Bertz CT molecular complexity index is 987. The zero-order valence-corrected chi connectivity index (χ0v) is 12.9. The quantitative estimate of drug-likeness (QED) is 0.603. The lowest BCUT2D eigenvalue weighted by atomic mass is 10.1. The molecular formula is C12H12N5O6P. The van der Waals surface area contributed by atoms with Crippen molar-refractivity contribution < 1.29 is 28.3 Å². The lowest BCUT2D eigenvalue weighted by Gasteiger charge is -2.18. The SMILES string of the molecule is O=P1(O)OC2C(CO)OC(n3cnc4c3ncn3ccnc43)C2O1. The number of hydrogen-bond donors (Lipinski definition) is 2. The number of aromatic nitrogens is 5. The van der Waals surface area contributed by atoms with E-state index in [-0.39, 0.29) is 6.61 Å². The molecule has 12 heteroatoms. The van der Waals surface area contributed by atoms with Gasteiger partial charge >= 0.3 is 7.82 Å². The molecule has 0 radical (unpaired) electrons. The standard InChI is InChI=1S/C12H12N5O6P/c18-3-6-8-9(23-24(19,20)22-8)12(21-6)17-5-14-7-10-13-1-2-16(10)4-15-11(7)17/h1-2,4-6,8-9,12,18H,3H2,(H,19,20). The second-order valence-electron chi connectivity index (χ2n) is 5.58. The molecule has 126 valence electrons. The number of fused-ring (bicyclic) bond motifs is 4. The van der Waals surface area contributed by atoms with Crippen molar-refractivity contribution in [1.82, 2.24) is 23.9 Å². The molecule has 2 aliphatic heterocycles. The third-order valence-electron chi connectivity index (χ3n) is 4.20. The van der Waals surface area contributed by atoms with E-state index in [1.807, 2.05) is 0 Å². The number of ether oxygens (including phenoxy) is 1. The van der Waals surface area contributed by atoms with Gasteiger partial charge in [0, 0.05) is 12.4 Å². The van der Waals surface area contributed by atoms with Gasteiger partial charge in [0.25, 0.3) is 0 Å². The Hall–Kier alpha value is -1.88. The fourth-order valence-corrected chi connectivity index (χ4v) is 4.33. The second kappa shape index (κ2) is 4.82. The third-order valence-corrected chi connectivity index (χ3v) is 5.22. The molecule has 2 N–H and O–H groups in total. The highest BCUT2D eigenvalue weighted by molar-refractivity contribution is 7.47. The Morgan fingerprint density at radius 1 is 1.17 bits per heavy atom. The van der Waals surface area contributed by atoms with Gasteiger partial charge in [-0.05, 0) is 0 Å². The minimum absolute atomic E-state index is 0.369. The van der Waals surface area contributed by atoms with Crippen LogP contribution in [0.3, 0.4) is 0 Å². The van der Waals surface area contributed by atoms with Crippen molar-refractivity contribution in [2.24, 2.45) is 0 Å². The number of aliphatic hydroxyl groups excluding tert-OH is 1. The largest absolute Gasteiger partial charge is 0.473 e. The molecule has 5 heterocycles. The molecule has 0 spiro atoms. The summed E-state index contributed by atoms with van der Waals surface area (Å²) in [5, 5.41) is 9.44. The van der Waals surface area contributed by atoms with Gasteiger partial charge in [-0.25, -0.2) is 19.5 Å². The van der Waals surface area contributed by atoms with Crippen LogP contribution in [0.1, 0.15) is 6.23 Å². The Kier molecular flexibility index (Phi) is 2.90. The Balaban J connectivity index is 1.63. The van der Waals surface area contributed by atoms with Gasteiger partial charge in [0.15, 0.2) is 23.0 Å². The first-order valence-electron chi connectivity index (χ1n) is 7.17. The molecule has 11 nitrogen and oxygen atoms in total. The molecule has 2 saturated heterocycles. The number of aliphatic hydroxyl groups is 1. The molecule has 0 aromatic carbocycles. The number of imidazole rings is 2. The van der Waals surface area contributed by atoms with Gasteiger partial charge in [-0.3, -0.25) is 18.0 Å². The molecule has 0 saturated carbocycles. The monoisotopic (exact) mass is 353 g/mol. The van der Waals surface area contributed by atoms with Gasteiger partial charge in [-0.1, -0.05) is 0 Å². The number of rotatable bonds is 2. The van der Waals surface area contributed by atoms with Crippen LogP contribution in [0.4, 0.5) is 0 Å². The summed E-state index contributed by atoms with van der Waals surface area (Å²) in [6.45, 7) is -0.369. The maximum absolute atomic E-state index is 11.7. The van der Waals surface area contributed by atoms with Gasteiger partial charge in [-0.15, -0.1) is 0 Å². The van der Waals surface area contributed by atoms with E-state index in [9.17, 15) is 14.6 Å². The van der Waals surface area contributed by atoms with Crippen LogP contribution in [0.25, 0.3) is 16.8 Å². The number of nitrogens with zero attached hydrogens (tertiary/aromatic N) is 5. The molecule has 5 atom stereocenters. The van der Waals surface area contributed by atoms with Crippen molar-refractivity contribution in [3.05, 3.63) is 25.0 Å². The number of phosphoric ester groups is 1. The highest BCUT2D eigenvalue weighted by atomic mass is 31.2. The van der Waals surface area contributed by atoms with E-state index in [1.54, 1.807) is 27.7 Å². The van der Waals surface area contributed by atoms with Crippen LogP contribution in [0.2, 0.25) is 0 Å². The maximum atomic E-state index is 11.7. The predicted molar refractivity (Wildman–Crippen MR) is 76.8 cm³/mol. The second-order valence-corrected chi connectivity index (χ2v) is 6.94. The predicted octanol–water partition coefficient (Wildman–Crippen LogP) is -0.147. The molecule has 5 rings (SSSR count). The van der Waals surface area contributed by atoms with Gasteiger partial charge in [0.1, 0.15) is 24.6 Å². The zero-order chi connectivity index (χ0) is 16.5. The summed E-state index contributed by atoms with van der Waals surface area (Å²) in [5.74, 6) is 0. The Morgan fingerprint density at radius 2 is 2.00 bits per heavy atom.